The standard InChI is InChI=1S/C13H15N3O2S2/c1-8(2)11-14-13(19-16-11)15-12(17)9-4-6-10(7-5-9)20(3)18/h4-8H,1-3H3,(H,14,15,16,17). The van der Waals surface area contributed by atoms with Gasteiger partial charge in [0.05, 0.1) is 0 Å². The second-order valence-corrected chi connectivity index (χ2v) is 6.68. The predicted molar refractivity (Wildman–Crippen MR) is 80.7 cm³/mol. The van der Waals surface area contributed by atoms with Gasteiger partial charge in [-0.15, -0.1) is 0 Å². The van der Waals surface area contributed by atoms with Crippen molar-refractivity contribution in [2.45, 2.75) is 24.7 Å². The summed E-state index contributed by atoms with van der Waals surface area (Å²) in [6.07, 6.45) is 1.60. The fourth-order valence-electron chi connectivity index (χ4n) is 1.49. The van der Waals surface area contributed by atoms with Crippen LogP contribution in [0.5, 0.6) is 0 Å². The summed E-state index contributed by atoms with van der Waals surface area (Å²) in [5, 5.41) is 3.20. The van der Waals surface area contributed by atoms with Gasteiger partial charge in [-0.3, -0.25) is 14.3 Å². The monoisotopic (exact) mass is 309 g/mol. The molecule has 106 valence electrons. The number of benzene rings is 1. The second-order valence-electron chi connectivity index (χ2n) is 4.55. The van der Waals surface area contributed by atoms with Gasteiger partial charge in [0.2, 0.25) is 5.13 Å². The molecule has 7 heteroatoms. The van der Waals surface area contributed by atoms with Crippen molar-refractivity contribution in [3.8, 4) is 0 Å². The Hall–Kier alpha value is -1.60. The van der Waals surface area contributed by atoms with Crippen molar-refractivity contribution >= 4 is 33.4 Å². The number of carbonyl (C=O) groups excluding carboxylic acids is 1. The summed E-state index contributed by atoms with van der Waals surface area (Å²) in [5.74, 6) is 0.711. The normalized spacial score (nSPS) is 12.4. The molecule has 2 rings (SSSR count). The van der Waals surface area contributed by atoms with Crippen molar-refractivity contribution in [2.75, 3.05) is 11.6 Å². The summed E-state index contributed by atoms with van der Waals surface area (Å²) in [6, 6.07) is 6.67. The Kier molecular flexibility index (Phi) is 4.61. The molecular formula is C13H15N3O2S2. The van der Waals surface area contributed by atoms with Crippen LogP contribution >= 0.6 is 11.5 Å². The molecule has 2 aromatic rings. The van der Waals surface area contributed by atoms with Crippen LogP contribution in [0.15, 0.2) is 29.2 Å². The highest BCUT2D eigenvalue weighted by atomic mass is 32.2. The second kappa shape index (κ2) is 6.23. The number of hydrogen-bond acceptors (Lipinski definition) is 5. The zero-order valence-electron chi connectivity index (χ0n) is 11.4. The Balaban J connectivity index is 2.09. The molecule has 1 atom stereocenters. The summed E-state index contributed by atoms with van der Waals surface area (Å²) in [7, 11) is -1.04. The third-order valence-corrected chi connectivity index (χ3v) is 4.21. The van der Waals surface area contributed by atoms with Gasteiger partial charge in [-0.2, -0.15) is 4.37 Å². The lowest BCUT2D eigenvalue weighted by Gasteiger charge is -2.02. The molecule has 1 aromatic carbocycles. The van der Waals surface area contributed by atoms with Crippen LogP contribution in [0.3, 0.4) is 0 Å². The summed E-state index contributed by atoms with van der Waals surface area (Å²) in [6.45, 7) is 3.99. The van der Waals surface area contributed by atoms with Crippen molar-refractivity contribution < 1.29 is 9.00 Å². The highest BCUT2D eigenvalue weighted by Crippen LogP contribution is 2.18. The van der Waals surface area contributed by atoms with E-state index in [0.717, 1.165) is 5.82 Å². The van der Waals surface area contributed by atoms with Crippen LogP contribution in [0, 0.1) is 0 Å². The zero-order chi connectivity index (χ0) is 14.7. The summed E-state index contributed by atoms with van der Waals surface area (Å²) < 4.78 is 15.5. The largest absolute Gasteiger partial charge is 0.297 e. The maximum Gasteiger partial charge on any atom is 0.257 e. The van der Waals surface area contributed by atoms with E-state index in [1.54, 1.807) is 30.5 Å². The third-order valence-electron chi connectivity index (χ3n) is 2.63. The number of carbonyl (C=O) groups is 1. The van der Waals surface area contributed by atoms with Gasteiger partial charge in [0.1, 0.15) is 5.82 Å². The lowest BCUT2D eigenvalue weighted by Crippen LogP contribution is -2.11. The molecule has 1 aromatic heterocycles. The van der Waals surface area contributed by atoms with Gasteiger partial charge in [-0.05, 0) is 24.3 Å². The molecular weight excluding hydrogens is 294 g/mol. The Labute approximate surface area is 124 Å². The van der Waals surface area contributed by atoms with E-state index in [4.69, 9.17) is 0 Å². The lowest BCUT2D eigenvalue weighted by atomic mass is 10.2. The first-order valence-electron chi connectivity index (χ1n) is 6.06. The van der Waals surface area contributed by atoms with Crippen LogP contribution in [0.4, 0.5) is 5.13 Å². The van der Waals surface area contributed by atoms with Crippen molar-refractivity contribution in [3.63, 3.8) is 0 Å². The molecule has 1 heterocycles. The Bertz CT molecular complexity index is 635. The Morgan fingerprint density at radius 1 is 1.30 bits per heavy atom. The number of rotatable bonds is 4. The number of amides is 1. The molecule has 0 aliphatic rings. The summed E-state index contributed by atoms with van der Waals surface area (Å²) in [4.78, 5) is 17.0. The van der Waals surface area contributed by atoms with E-state index >= 15 is 0 Å². The highest BCUT2D eigenvalue weighted by molar-refractivity contribution is 7.84. The smallest absolute Gasteiger partial charge is 0.257 e. The molecule has 0 fully saturated rings. The van der Waals surface area contributed by atoms with Gasteiger partial charge >= 0.3 is 0 Å². The first-order valence-corrected chi connectivity index (χ1v) is 8.39. The van der Waals surface area contributed by atoms with E-state index in [2.05, 4.69) is 14.7 Å². The van der Waals surface area contributed by atoms with E-state index in [-0.39, 0.29) is 11.8 Å². The minimum atomic E-state index is -1.04. The van der Waals surface area contributed by atoms with E-state index < -0.39 is 10.8 Å². The van der Waals surface area contributed by atoms with E-state index in [9.17, 15) is 9.00 Å². The minimum absolute atomic E-state index is 0.232. The van der Waals surface area contributed by atoms with Gasteiger partial charge in [-0.1, -0.05) is 13.8 Å². The van der Waals surface area contributed by atoms with Gasteiger partial charge in [-0.25, -0.2) is 4.98 Å². The van der Waals surface area contributed by atoms with E-state index in [1.807, 2.05) is 13.8 Å². The average molecular weight is 309 g/mol. The molecule has 1 amide bonds. The molecule has 0 saturated heterocycles. The van der Waals surface area contributed by atoms with Crippen LogP contribution in [0.1, 0.15) is 35.9 Å². The van der Waals surface area contributed by atoms with E-state index in [1.165, 1.54) is 11.5 Å². The molecule has 0 bridgehead atoms. The number of hydrogen-bond donors (Lipinski definition) is 1. The lowest BCUT2D eigenvalue weighted by molar-refractivity contribution is 0.102. The SMILES string of the molecule is CC(C)c1nsc(NC(=O)c2ccc(S(C)=O)cc2)n1. The maximum atomic E-state index is 12.0. The molecule has 5 nitrogen and oxygen atoms in total. The average Bonchev–Trinajstić information content (AvgIpc) is 2.87. The maximum absolute atomic E-state index is 12.0. The fraction of sp³-hybridized carbons (Fsp3) is 0.308. The molecule has 0 saturated carbocycles. The van der Waals surface area contributed by atoms with Crippen LogP contribution in [-0.2, 0) is 10.8 Å². The van der Waals surface area contributed by atoms with Crippen molar-refractivity contribution in [3.05, 3.63) is 35.7 Å². The van der Waals surface area contributed by atoms with Crippen LogP contribution in [0.25, 0.3) is 0 Å². The van der Waals surface area contributed by atoms with Crippen LogP contribution in [-0.4, -0.2) is 25.7 Å². The highest BCUT2D eigenvalue weighted by Gasteiger charge is 2.12. The molecule has 0 aliphatic heterocycles. The number of aromatic nitrogens is 2. The van der Waals surface area contributed by atoms with Gasteiger partial charge in [0, 0.05) is 45.0 Å². The topological polar surface area (TPSA) is 72.0 Å². The van der Waals surface area contributed by atoms with Crippen LogP contribution in [0.2, 0.25) is 0 Å². The number of anilines is 1. The van der Waals surface area contributed by atoms with E-state index in [0.29, 0.717) is 15.6 Å². The van der Waals surface area contributed by atoms with Crippen LogP contribution < -0.4 is 5.32 Å². The summed E-state index contributed by atoms with van der Waals surface area (Å²) in [5.41, 5.74) is 0.500. The van der Waals surface area contributed by atoms with Crippen molar-refractivity contribution in [2.24, 2.45) is 0 Å². The zero-order valence-corrected chi connectivity index (χ0v) is 13.0. The number of nitrogens with zero attached hydrogens (tertiary/aromatic N) is 2. The number of nitrogens with one attached hydrogen (secondary N) is 1. The van der Waals surface area contributed by atoms with Crippen molar-refractivity contribution in [1.82, 2.24) is 9.36 Å². The minimum Gasteiger partial charge on any atom is -0.297 e. The van der Waals surface area contributed by atoms with Gasteiger partial charge < -0.3 is 0 Å². The Morgan fingerprint density at radius 2 is 1.95 bits per heavy atom. The molecule has 1 N–H and O–H groups in total. The quantitative estimate of drug-likeness (QED) is 0.942. The summed E-state index contributed by atoms with van der Waals surface area (Å²) >= 11 is 1.17. The molecule has 1 unspecified atom stereocenters. The molecule has 0 spiro atoms. The Morgan fingerprint density at radius 3 is 2.45 bits per heavy atom. The first-order chi connectivity index (χ1) is 9.47. The first kappa shape index (κ1) is 14.8. The van der Waals surface area contributed by atoms with Gasteiger partial charge in [0.15, 0.2) is 0 Å². The molecule has 0 radical (unpaired) electrons. The van der Waals surface area contributed by atoms with Crippen molar-refractivity contribution in [1.29, 1.82) is 0 Å². The molecule has 20 heavy (non-hydrogen) atoms. The fourth-order valence-corrected chi connectivity index (χ4v) is 2.71. The third kappa shape index (κ3) is 3.49. The predicted octanol–water partition coefficient (Wildman–Crippen LogP) is 2.65. The molecule has 0 aliphatic carbocycles. The van der Waals surface area contributed by atoms with Gasteiger partial charge in [0.25, 0.3) is 5.91 Å².